The lowest BCUT2D eigenvalue weighted by Crippen LogP contribution is -2.42. The maximum atomic E-state index is 12.2. The van der Waals surface area contributed by atoms with E-state index in [1.165, 1.54) is 5.56 Å². The highest BCUT2D eigenvalue weighted by atomic mass is 16.5. The zero-order valence-corrected chi connectivity index (χ0v) is 15.2. The van der Waals surface area contributed by atoms with Crippen molar-refractivity contribution in [2.75, 3.05) is 27.2 Å². The van der Waals surface area contributed by atoms with Gasteiger partial charge in [-0.2, -0.15) is 0 Å². The van der Waals surface area contributed by atoms with Gasteiger partial charge < -0.3 is 9.64 Å². The Morgan fingerprint density at radius 1 is 1.12 bits per heavy atom. The molecule has 2 aromatic carbocycles. The number of amides is 1. The second-order valence-electron chi connectivity index (χ2n) is 6.94. The van der Waals surface area contributed by atoms with Gasteiger partial charge in [-0.1, -0.05) is 42.5 Å². The number of rotatable bonds is 4. The first-order valence-corrected chi connectivity index (χ1v) is 8.76. The quantitative estimate of drug-likeness (QED) is 0.857. The number of morpholine rings is 1. The van der Waals surface area contributed by atoms with Gasteiger partial charge in [0.05, 0.1) is 12.2 Å². The molecule has 1 aliphatic heterocycles. The molecule has 1 aliphatic rings. The Bertz CT molecular complexity index is 715. The van der Waals surface area contributed by atoms with Crippen molar-refractivity contribution in [2.45, 2.75) is 25.7 Å². The highest BCUT2D eigenvalue weighted by Crippen LogP contribution is 2.26. The molecule has 132 valence electrons. The van der Waals surface area contributed by atoms with Crippen molar-refractivity contribution < 1.29 is 9.53 Å². The molecule has 4 nitrogen and oxygen atoms in total. The minimum Gasteiger partial charge on any atom is -0.368 e. The largest absolute Gasteiger partial charge is 0.368 e. The first kappa shape index (κ1) is 17.6. The third kappa shape index (κ3) is 4.47. The Labute approximate surface area is 150 Å². The summed E-state index contributed by atoms with van der Waals surface area (Å²) in [5.74, 6) is 0.0411. The second-order valence-corrected chi connectivity index (χ2v) is 6.94. The van der Waals surface area contributed by atoms with Gasteiger partial charge in [-0.15, -0.1) is 0 Å². The molecule has 0 aliphatic carbocycles. The maximum Gasteiger partial charge on any atom is 0.253 e. The number of nitrogens with zero attached hydrogens (tertiary/aromatic N) is 2. The zero-order valence-electron chi connectivity index (χ0n) is 15.2. The summed E-state index contributed by atoms with van der Waals surface area (Å²) in [6.07, 6.45) is 0.280. The fraction of sp³-hybridized carbons (Fsp3) is 0.381. The lowest BCUT2D eigenvalue weighted by molar-refractivity contribution is -0.0814. The molecule has 1 amide bonds. The van der Waals surface area contributed by atoms with Crippen LogP contribution in [0.1, 0.15) is 34.5 Å². The third-order valence-electron chi connectivity index (χ3n) is 4.49. The number of carbonyl (C=O) groups is 1. The molecular formula is C21H26N2O2. The van der Waals surface area contributed by atoms with Crippen molar-refractivity contribution in [3.05, 3.63) is 71.3 Å². The van der Waals surface area contributed by atoms with Gasteiger partial charge in [0.1, 0.15) is 0 Å². The predicted molar refractivity (Wildman–Crippen MR) is 99.5 cm³/mol. The minimum atomic E-state index is 0.0411. The summed E-state index contributed by atoms with van der Waals surface area (Å²) < 4.78 is 6.13. The Morgan fingerprint density at radius 2 is 1.88 bits per heavy atom. The van der Waals surface area contributed by atoms with Crippen LogP contribution in [0, 0.1) is 0 Å². The summed E-state index contributed by atoms with van der Waals surface area (Å²) >= 11 is 0. The molecule has 25 heavy (non-hydrogen) atoms. The number of benzene rings is 2. The van der Waals surface area contributed by atoms with Crippen LogP contribution in [0.3, 0.4) is 0 Å². The minimum absolute atomic E-state index is 0.0411. The average Bonchev–Trinajstić information content (AvgIpc) is 2.61. The van der Waals surface area contributed by atoms with Crippen LogP contribution in [-0.2, 0) is 11.3 Å². The highest BCUT2D eigenvalue weighted by Gasteiger charge is 2.26. The van der Waals surface area contributed by atoms with Crippen LogP contribution in [0.4, 0.5) is 0 Å². The third-order valence-corrected chi connectivity index (χ3v) is 4.49. The van der Waals surface area contributed by atoms with E-state index in [0.717, 1.165) is 30.8 Å². The molecule has 0 unspecified atom stereocenters. The van der Waals surface area contributed by atoms with Crippen LogP contribution in [0.2, 0.25) is 0 Å². The summed E-state index contributed by atoms with van der Waals surface area (Å²) in [6, 6.07) is 18.3. The number of ether oxygens (including phenoxy) is 1. The van der Waals surface area contributed by atoms with E-state index in [9.17, 15) is 4.79 Å². The van der Waals surface area contributed by atoms with E-state index in [2.05, 4.69) is 42.2 Å². The van der Waals surface area contributed by atoms with Crippen LogP contribution < -0.4 is 0 Å². The van der Waals surface area contributed by atoms with Gasteiger partial charge in [0.25, 0.3) is 5.91 Å². The first-order valence-electron chi connectivity index (χ1n) is 8.76. The van der Waals surface area contributed by atoms with Crippen LogP contribution >= 0.6 is 0 Å². The molecule has 4 heteroatoms. The first-order chi connectivity index (χ1) is 12.0. The van der Waals surface area contributed by atoms with Crippen LogP contribution in [0.5, 0.6) is 0 Å². The number of hydrogen-bond acceptors (Lipinski definition) is 3. The molecular weight excluding hydrogens is 312 g/mol. The topological polar surface area (TPSA) is 32.8 Å². The molecule has 1 fully saturated rings. The average molecular weight is 338 g/mol. The van der Waals surface area contributed by atoms with Gasteiger partial charge in [0.2, 0.25) is 0 Å². The van der Waals surface area contributed by atoms with Crippen LogP contribution in [0.15, 0.2) is 54.6 Å². The zero-order chi connectivity index (χ0) is 17.8. The summed E-state index contributed by atoms with van der Waals surface area (Å²) in [4.78, 5) is 16.2. The van der Waals surface area contributed by atoms with Crippen molar-refractivity contribution >= 4 is 5.91 Å². The van der Waals surface area contributed by atoms with Crippen LogP contribution in [-0.4, -0.2) is 49.0 Å². The molecule has 0 saturated carbocycles. The van der Waals surface area contributed by atoms with Crippen molar-refractivity contribution in [3.8, 4) is 0 Å². The van der Waals surface area contributed by atoms with Crippen molar-refractivity contribution in [1.82, 2.24) is 9.80 Å². The van der Waals surface area contributed by atoms with Crippen molar-refractivity contribution in [1.29, 1.82) is 0 Å². The number of hydrogen-bond donors (Lipinski definition) is 0. The molecule has 3 rings (SSSR count). The summed E-state index contributed by atoms with van der Waals surface area (Å²) in [7, 11) is 3.56. The molecule has 0 aromatic heterocycles. The summed E-state index contributed by atoms with van der Waals surface area (Å²) in [5, 5.41) is 0. The maximum absolute atomic E-state index is 12.2. The van der Waals surface area contributed by atoms with Gasteiger partial charge in [-0.05, 0) is 30.2 Å². The van der Waals surface area contributed by atoms with E-state index in [1.807, 2.05) is 24.3 Å². The Kier molecular flexibility index (Phi) is 5.51. The lowest BCUT2D eigenvalue weighted by Gasteiger charge is -2.37. The van der Waals surface area contributed by atoms with Gasteiger partial charge in [-0.3, -0.25) is 9.69 Å². The molecule has 1 heterocycles. The fourth-order valence-corrected chi connectivity index (χ4v) is 3.34. The van der Waals surface area contributed by atoms with E-state index < -0.39 is 0 Å². The molecule has 0 spiro atoms. The molecule has 0 N–H and O–H groups in total. The lowest BCUT2D eigenvalue weighted by atomic mass is 10.0. The van der Waals surface area contributed by atoms with E-state index in [0.29, 0.717) is 0 Å². The molecule has 2 atom stereocenters. The molecule has 0 radical (unpaired) electrons. The predicted octanol–water partition coefficient (Wildman–Crippen LogP) is 3.35. The summed E-state index contributed by atoms with van der Waals surface area (Å²) in [5.41, 5.74) is 3.12. The van der Waals surface area contributed by atoms with Crippen molar-refractivity contribution in [2.24, 2.45) is 0 Å². The SMILES string of the molecule is C[C@@H]1CN(Cc2cccc(C(=O)N(C)C)c2)C[C@@H](c2ccccc2)O1. The van der Waals surface area contributed by atoms with E-state index in [-0.39, 0.29) is 18.1 Å². The fourth-order valence-electron chi connectivity index (χ4n) is 3.34. The Balaban J connectivity index is 1.72. The number of carbonyl (C=O) groups excluding carboxylic acids is 1. The molecule has 1 saturated heterocycles. The normalized spacial score (nSPS) is 21.1. The second kappa shape index (κ2) is 7.81. The molecule has 0 bridgehead atoms. The van der Waals surface area contributed by atoms with Crippen LogP contribution in [0.25, 0.3) is 0 Å². The smallest absolute Gasteiger partial charge is 0.253 e. The van der Waals surface area contributed by atoms with Gasteiger partial charge in [-0.25, -0.2) is 0 Å². The van der Waals surface area contributed by atoms with Crippen molar-refractivity contribution in [3.63, 3.8) is 0 Å². The van der Waals surface area contributed by atoms with E-state index in [1.54, 1.807) is 19.0 Å². The highest BCUT2D eigenvalue weighted by molar-refractivity contribution is 5.94. The molecule has 2 aromatic rings. The standard InChI is InChI=1S/C21H26N2O2/c1-16-13-23(15-20(25-16)18-9-5-4-6-10-18)14-17-8-7-11-19(12-17)21(24)22(2)3/h4-12,16,20H,13-15H2,1-3H3/t16-,20+/m1/s1. The van der Waals surface area contributed by atoms with E-state index in [4.69, 9.17) is 4.74 Å². The van der Waals surface area contributed by atoms with Gasteiger partial charge in [0, 0.05) is 39.3 Å². The summed E-state index contributed by atoms with van der Waals surface area (Å²) in [6.45, 7) is 4.70. The van der Waals surface area contributed by atoms with Gasteiger partial charge >= 0.3 is 0 Å². The monoisotopic (exact) mass is 338 g/mol. The Morgan fingerprint density at radius 3 is 2.60 bits per heavy atom. The van der Waals surface area contributed by atoms with Gasteiger partial charge in [0.15, 0.2) is 0 Å². The van der Waals surface area contributed by atoms with E-state index >= 15 is 0 Å². The Hall–Kier alpha value is -2.17.